The fourth-order valence-corrected chi connectivity index (χ4v) is 5.77. The Morgan fingerprint density at radius 1 is 1.44 bits per heavy atom. The molecule has 0 saturated heterocycles. The average Bonchev–Trinajstić information content (AvgIpc) is 3.00. The first kappa shape index (κ1) is 18.2. The molecule has 0 fully saturated rings. The van der Waals surface area contributed by atoms with Crippen LogP contribution in [0.25, 0.3) is 15.9 Å². The number of hydrogen-bond donors (Lipinski definition) is 0. The van der Waals surface area contributed by atoms with E-state index in [0.717, 1.165) is 29.7 Å². The summed E-state index contributed by atoms with van der Waals surface area (Å²) in [5.41, 5.74) is 1.08. The van der Waals surface area contributed by atoms with Crippen molar-refractivity contribution >= 4 is 33.3 Å². The molecule has 4 rings (SSSR count). The lowest BCUT2D eigenvalue weighted by Gasteiger charge is -2.18. The summed E-state index contributed by atoms with van der Waals surface area (Å²) >= 11 is 2.90. The van der Waals surface area contributed by atoms with E-state index in [1.807, 2.05) is 0 Å². The van der Waals surface area contributed by atoms with Crippen LogP contribution in [0.15, 0.2) is 34.2 Å². The largest absolute Gasteiger partial charge is 0.268 e. The molecular formula is C20H18FN3OS2. The summed E-state index contributed by atoms with van der Waals surface area (Å²) in [6.07, 6.45) is 3.23. The third kappa shape index (κ3) is 3.28. The van der Waals surface area contributed by atoms with Gasteiger partial charge in [0.05, 0.1) is 17.1 Å². The van der Waals surface area contributed by atoms with E-state index in [2.05, 4.69) is 13.0 Å². The first-order valence-corrected chi connectivity index (χ1v) is 10.7. The highest BCUT2D eigenvalue weighted by Gasteiger charge is 2.25. The number of rotatable bonds is 4. The molecule has 0 saturated carbocycles. The molecule has 1 atom stereocenters. The van der Waals surface area contributed by atoms with Crippen LogP contribution in [0.2, 0.25) is 0 Å². The van der Waals surface area contributed by atoms with Crippen LogP contribution in [0.5, 0.6) is 0 Å². The third-order valence-electron chi connectivity index (χ3n) is 4.84. The van der Waals surface area contributed by atoms with Crippen molar-refractivity contribution in [3.63, 3.8) is 0 Å². The van der Waals surface area contributed by atoms with Crippen LogP contribution in [0.3, 0.4) is 0 Å². The number of nitriles is 1. The van der Waals surface area contributed by atoms with Crippen LogP contribution in [0.1, 0.15) is 30.2 Å². The zero-order valence-corrected chi connectivity index (χ0v) is 16.5. The second-order valence-electron chi connectivity index (χ2n) is 6.77. The summed E-state index contributed by atoms with van der Waals surface area (Å²) in [5, 5.41) is 9.90. The Morgan fingerprint density at radius 3 is 3.04 bits per heavy atom. The number of benzene rings is 1. The number of fused-ring (bicyclic) bond motifs is 3. The molecule has 0 aliphatic heterocycles. The van der Waals surface area contributed by atoms with Gasteiger partial charge >= 0.3 is 0 Å². The van der Waals surface area contributed by atoms with Gasteiger partial charge in [-0.05, 0) is 42.9 Å². The minimum atomic E-state index is -0.458. The molecular weight excluding hydrogens is 381 g/mol. The Balaban J connectivity index is 1.97. The van der Waals surface area contributed by atoms with Gasteiger partial charge < -0.3 is 0 Å². The first-order chi connectivity index (χ1) is 13.1. The predicted molar refractivity (Wildman–Crippen MR) is 107 cm³/mol. The highest BCUT2D eigenvalue weighted by Crippen LogP contribution is 2.37. The monoisotopic (exact) mass is 399 g/mol. The minimum Gasteiger partial charge on any atom is -0.268 e. The van der Waals surface area contributed by atoms with E-state index in [0.29, 0.717) is 28.6 Å². The molecule has 0 amide bonds. The minimum absolute atomic E-state index is 0.209. The maximum absolute atomic E-state index is 14.5. The summed E-state index contributed by atoms with van der Waals surface area (Å²) in [4.78, 5) is 20.1. The van der Waals surface area contributed by atoms with Crippen LogP contribution in [0.4, 0.5) is 4.39 Å². The Hall–Kier alpha value is -2.17. The van der Waals surface area contributed by atoms with Crippen molar-refractivity contribution in [2.24, 2.45) is 5.92 Å². The summed E-state index contributed by atoms with van der Waals surface area (Å²) < 4.78 is 15.9. The normalized spacial score (nSPS) is 16.3. The maximum atomic E-state index is 14.5. The Bertz CT molecular complexity index is 1110. The number of thiophene rings is 1. The topological polar surface area (TPSA) is 58.7 Å². The first-order valence-electron chi connectivity index (χ1n) is 8.92. The number of halogens is 1. The third-order valence-corrected chi connectivity index (χ3v) is 6.93. The Morgan fingerprint density at radius 2 is 2.26 bits per heavy atom. The van der Waals surface area contributed by atoms with Crippen molar-refractivity contribution in [1.29, 1.82) is 5.26 Å². The van der Waals surface area contributed by atoms with Gasteiger partial charge in [-0.3, -0.25) is 9.36 Å². The molecule has 2 heterocycles. The van der Waals surface area contributed by atoms with Crippen LogP contribution >= 0.6 is 23.1 Å². The Labute approximate surface area is 164 Å². The highest BCUT2D eigenvalue weighted by molar-refractivity contribution is 7.99. The molecule has 1 unspecified atom stereocenters. The number of nitrogens with zero attached hydrogens (tertiary/aromatic N) is 3. The van der Waals surface area contributed by atoms with Crippen molar-refractivity contribution in [2.45, 2.75) is 37.8 Å². The van der Waals surface area contributed by atoms with Gasteiger partial charge in [0.15, 0.2) is 5.16 Å². The molecule has 2 aromatic heterocycles. The summed E-state index contributed by atoms with van der Waals surface area (Å²) in [6.45, 7) is 2.22. The van der Waals surface area contributed by atoms with E-state index in [-0.39, 0.29) is 11.2 Å². The van der Waals surface area contributed by atoms with Crippen LogP contribution in [0, 0.1) is 23.1 Å². The lowest BCUT2D eigenvalue weighted by atomic mass is 9.89. The highest BCUT2D eigenvalue weighted by atomic mass is 32.2. The predicted octanol–water partition coefficient (Wildman–Crippen LogP) is 4.72. The lowest BCUT2D eigenvalue weighted by Crippen LogP contribution is -2.23. The molecule has 0 radical (unpaired) electrons. The smallest absolute Gasteiger partial charge is 0.267 e. The molecule has 3 aromatic rings. The number of aromatic nitrogens is 2. The van der Waals surface area contributed by atoms with E-state index >= 15 is 0 Å². The fourth-order valence-electron chi connectivity index (χ4n) is 3.50. The van der Waals surface area contributed by atoms with E-state index in [1.54, 1.807) is 29.5 Å². The van der Waals surface area contributed by atoms with Gasteiger partial charge in [-0.25, -0.2) is 9.37 Å². The maximum Gasteiger partial charge on any atom is 0.267 e. The molecule has 0 N–H and O–H groups in total. The van der Waals surface area contributed by atoms with Crippen molar-refractivity contribution < 1.29 is 4.39 Å². The summed E-state index contributed by atoms with van der Waals surface area (Å²) in [5.74, 6) is 0.648. The van der Waals surface area contributed by atoms with E-state index in [4.69, 9.17) is 10.2 Å². The van der Waals surface area contributed by atoms with Crippen molar-refractivity contribution in [1.82, 2.24) is 9.55 Å². The van der Waals surface area contributed by atoms with Crippen molar-refractivity contribution in [2.75, 3.05) is 5.75 Å². The molecule has 1 aliphatic rings. The molecule has 1 aromatic carbocycles. The van der Waals surface area contributed by atoms with E-state index in [9.17, 15) is 9.18 Å². The molecule has 138 valence electrons. The fraction of sp³-hybridized carbons (Fsp3) is 0.350. The Kier molecular flexibility index (Phi) is 5.02. The van der Waals surface area contributed by atoms with Crippen molar-refractivity contribution in [3.05, 3.63) is 50.9 Å². The second-order valence-corrected chi connectivity index (χ2v) is 8.92. The second kappa shape index (κ2) is 7.45. The van der Waals surface area contributed by atoms with Gasteiger partial charge in [0.2, 0.25) is 0 Å². The SMILES string of the molecule is CC1CCc2c(sc3nc(SCCC#N)n(-c4ccccc4F)c(=O)c23)C1. The quantitative estimate of drug-likeness (QED) is 0.362. The molecule has 0 spiro atoms. The van der Waals surface area contributed by atoms with Gasteiger partial charge in [0, 0.05) is 17.1 Å². The van der Waals surface area contributed by atoms with Crippen LogP contribution in [-0.2, 0) is 12.8 Å². The molecule has 27 heavy (non-hydrogen) atoms. The van der Waals surface area contributed by atoms with Gasteiger partial charge in [-0.15, -0.1) is 11.3 Å². The van der Waals surface area contributed by atoms with Gasteiger partial charge in [0.1, 0.15) is 10.6 Å². The number of hydrogen-bond acceptors (Lipinski definition) is 5. The summed E-state index contributed by atoms with van der Waals surface area (Å²) in [6, 6.07) is 8.36. The molecule has 7 heteroatoms. The standard InChI is InChI=1S/C20H18FN3OS2/c1-12-7-8-13-16(11-12)27-18-17(13)19(25)24(15-6-3-2-5-14(15)21)20(23-18)26-10-4-9-22/h2-3,5-6,12H,4,7-8,10-11H2,1H3. The molecule has 4 nitrogen and oxygen atoms in total. The van der Waals surface area contributed by atoms with E-state index < -0.39 is 5.82 Å². The van der Waals surface area contributed by atoms with Crippen LogP contribution in [-0.4, -0.2) is 15.3 Å². The van der Waals surface area contributed by atoms with Gasteiger partial charge in [0.25, 0.3) is 5.56 Å². The lowest BCUT2D eigenvalue weighted by molar-refractivity contribution is 0.509. The zero-order valence-electron chi connectivity index (χ0n) is 14.9. The molecule has 0 bridgehead atoms. The van der Waals surface area contributed by atoms with Gasteiger partial charge in [-0.2, -0.15) is 5.26 Å². The van der Waals surface area contributed by atoms with Crippen molar-refractivity contribution in [3.8, 4) is 11.8 Å². The van der Waals surface area contributed by atoms with Gasteiger partial charge in [-0.1, -0.05) is 30.8 Å². The zero-order chi connectivity index (χ0) is 19.0. The van der Waals surface area contributed by atoms with Crippen LogP contribution < -0.4 is 5.56 Å². The molecule has 1 aliphatic carbocycles. The number of para-hydroxylation sites is 1. The van der Waals surface area contributed by atoms with E-state index in [1.165, 1.54) is 27.3 Å². The number of aryl methyl sites for hydroxylation is 1. The average molecular weight is 400 g/mol. The number of thioether (sulfide) groups is 1. The summed E-state index contributed by atoms with van der Waals surface area (Å²) in [7, 11) is 0.